The van der Waals surface area contributed by atoms with E-state index < -0.39 is 15.9 Å². The molecule has 100 valence electrons. The first-order chi connectivity index (χ1) is 8.35. The van der Waals surface area contributed by atoms with E-state index in [1.165, 1.54) is 0 Å². The third kappa shape index (κ3) is 3.33. The molecule has 0 saturated carbocycles. The van der Waals surface area contributed by atoms with Crippen molar-refractivity contribution in [3.63, 3.8) is 0 Å². The van der Waals surface area contributed by atoms with E-state index in [4.69, 9.17) is 0 Å². The predicted molar refractivity (Wildman–Crippen MR) is 72.3 cm³/mol. The summed E-state index contributed by atoms with van der Waals surface area (Å²) in [6, 6.07) is 6.01. The number of rotatable bonds is 3. The second kappa shape index (κ2) is 5.02. The lowest BCUT2D eigenvalue weighted by Crippen LogP contribution is -2.10. The Labute approximate surface area is 109 Å². The van der Waals surface area contributed by atoms with Gasteiger partial charge in [-0.05, 0) is 38.2 Å². The van der Waals surface area contributed by atoms with Gasteiger partial charge in [-0.3, -0.25) is 0 Å². The maximum atomic E-state index is 11.4. The number of aliphatic hydroxyl groups excluding tert-OH is 1. The van der Waals surface area contributed by atoms with Crippen molar-refractivity contribution in [1.82, 2.24) is 0 Å². The first kappa shape index (κ1) is 13.6. The summed E-state index contributed by atoms with van der Waals surface area (Å²) >= 11 is 0. The van der Waals surface area contributed by atoms with Crippen molar-refractivity contribution in [3.05, 3.63) is 34.9 Å². The highest BCUT2D eigenvalue weighted by molar-refractivity contribution is 7.91. The topological polar surface area (TPSA) is 54.4 Å². The average Bonchev–Trinajstić information content (AvgIpc) is 2.56. The lowest BCUT2D eigenvalue weighted by molar-refractivity contribution is 0.148. The lowest BCUT2D eigenvalue weighted by Gasteiger charge is -2.16. The standard InChI is InChI=1S/C14H20O3S/c1-10-5-11(2)7-13(6-10)14(15)8-12-3-4-18(16,17)9-12/h5-7,12,14-15H,3-4,8-9H2,1-2H3. The second-order valence-electron chi connectivity index (χ2n) is 5.44. The molecule has 1 aromatic carbocycles. The van der Waals surface area contributed by atoms with Crippen molar-refractivity contribution in [2.45, 2.75) is 32.8 Å². The van der Waals surface area contributed by atoms with Crippen LogP contribution in [0, 0.1) is 19.8 Å². The molecule has 2 atom stereocenters. The molecule has 0 bridgehead atoms. The molecule has 4 heteroatoms. The van der Waals surface area contributed by atoms with Gasteiger partial charge in [0.1, 0.15) is 0 Å². The molecule has 2 rings (SSSR count). The van der Waals surface area contributed by atoms with Crippen LogP contribution in [0.1, 0.15) is 35.6 Å². The van der Waals surface area contributed by atoms with E-state index in [0.29, 0.717) is 12.8 Å². The molecule has 1 fully saturated rings. The summed E-state index contributed by atoms with van der Waals surface area (Å²) in [5, 5.41) is 10.2. The van der Waals surface area contributed by atoms with Crippen LogP contribution in [0.15, 0.2) is 18.2 Å². The number of hydrogen-bond donors (Lipinski definition) is 1. The summed E-state index contributed by atoms with van der Waals surface area (Å²) in [7, 11) is -2.85. The summed E-state index contributed by atoms with van der Waals surface area (Å²) in [4.78, 5) is 0. The van der Waals surface area contributed by atoms with E-state index in [0.717, 1.165) is 16.7 Å². The summed E-state index contributed by atoms with van der Waals surface area (Å²) in [5.74, 6) is 0.609. The number of aryl methyl sites for hydroxylation is 2. The molecular weight excluding hydrogens is 248 g/mol. The molecule has 1 aliphatic rings. The van der Waals surface area contributed by atoms with E-state index in [9.17, 15) is 13.5 Å². The van der Waals surface area contributed by atoms with Gasteiger partial charge >= 0.3 is 0 Å². The predicted octanol–water partition coefficient (Wildman–Crippen LogP) is 2.16. The minimum Gasteiger partial charge on any atom is -0.388 e. The quantitative estimate of drug-likeness (QED) is 0.914. The SMILES string of the molecule is Cc1cc(C)cc(C(O)CC2CCS(=O)(=O)C2)c1. The zero-order valence-electron chi connectivity index (χ0n) is 10.9. The van der Waals surface area contributed by atoms with Gasteiger partial charge in [0.2, 0.25) is 0 Å². The maximum Gasteiger partial charge on any atom is 0.150 e. The highest BCUT2D eigenvalue weighted by Gasteiger charge is 2.29. The Balaban J connectivity index is 2.06. The van der Waals surface area contributed by atoms with Crippen molar-refractivity contribution in [1.29, 1.82) is 0 Å². The average molecular weight is 268 g/mol. The van der Waals surface area contributed by atoms with E-state index in [-0.39, 0.29) is 17.4 Å². The molecule has 0 aromatic heterocycles. The summed E-state index contributed by atoms with van der Waals surface area (Å²) in [6.07, 6.45) is 0.675. The number of benzene rings is 1. The van der Waals surface area contributed by atoms with Gasteiger partial charge in [-0.1, -0.05) is 29.3 Å². The van der Waals surface area contributed by atoms with Gasteiger partial charge in [0.05, 0.1) is 17.6 Å². The van der Waals surface area contributed by atoms with Crippen LogP contribution in [-0.4, -0.2) is 25.0 Å². The molecule has 2 unspecified atom stereocenters. The Morgan fingerprint density at radius 2 is 1.89 bits per heavy atom. The van der Waals surface area contributed by atoms with Gasteiger partial charge in [-0.25, -0.2) is 8.42 Å². The molecular formula is C14H20O3S. The third-order valence-corrected chi connectivity index (χ3v) is 5.35. The van der Waals surface area contributed by atoms with Crippen LogP contribution in [0.2, 0.25) is 0 Å². The molecule has 1 aliphatic heterocycles. The first-order valence-electron chi connectivity index (χ1n) is 6.32. The van der Waals surface area contributed by atoms with Gasteiger partial charge in [0.15, 0.2) is 9.84 Å². The molecule has 1 saturated heterocycles. The third-order valence-electron chi connectivity index (χ3n) is 3.51. The van der Waals surface area contributed by atoms with E-state index >= 15 is 0 Å². The minimum absolute atomic E-state index is 0.103. The fraction of sp³-hybridized carbons (Fsp3) is 0.571. The van der Waals surface area contributed by atoms with Crippen LogP contribution < -0.4 is 0 Å². The molecule has 18 heavy (non-hydrogen) atoms. The largest absolute Gasteiger partial charge is 0.388 e. The molecule has 1 N–H and O–H groups in total. The fourth-order valence-corrected chi connectivity index (χ4v) is 4.59. The zero-order valence-corrected chi connectivity index (χ0v) is 11.7. The van der Waals surface area contributed by atoms with E-state index in [1.54, 1.807) is 0 Å². The Morgan fingerprint density at radius 1 is 1.28 bits per heavy atom. The van der Waals surface area contributed by atoms with Crippen molar-refractivity contribution in [2.24, 2.45) is 5.92 Å². The molecule has 0 aliphatic carbocycles. The minimum atomic E-state index is -2.85. The van der Waals surface area contributed by atoms with Crippen molar-refractivity contribution in [3.8, 4) is 0 Å². The summed E-state index contributed by atoms with van der Waals surface area (Å²) in [6.45, 7) is 4.01. The first-order valence-corrected chi connectivity index (χ1v) is 8.14. The molecule has 1 aromatic rings. The number of hydrogen-bond acceptors (Lipinski definition) is 3. The highest BCUT2D eigenvalue weighted by atomic mass is 32.2. The molecule has 0 spiro atoms. The normalized spacial score (nSPS) is 24.1. The monoisotopic (exact) mass is 268 g/mol. The van der Waals surface area contributed by atoms with Gasteiger partial charge in [0, 0.05) is 0 Å². The van der Waals surface area contributed by atoms with Crippen molar-refractivity contribution < 1.29 is 13.5 Å². The van der Waals surface area contributed by atoms with Crippen LogP contribution in [0.3, 0.4) is 0 Å². The molecule has 3 nitrogen and oxygen atoms in total. The van der Waals surface area contributed by atoms with Gasteiger partial charge < -0.3 is 5.11 Å². The maximum absolute atomic E-state index is 11.4. The smallest absolute Gasteiger partial charge is 0.150 e. The molecule has 0 radical (unpaired) electrons. The van der Waals surface area contributed by atoms with E-state index in [1.807, 2.05) is 26.0 Å². The lowest BCUT2D eigenvalue weighted by atomic mass is 9.94. The van der Waals surface area contributed by atoms with Crippen LogP contribution in [0.4, 0.5) is 0 Å². The number of aliphatic hydroxyl groups is 1. The van der Waals surface area contributed by atoms with Gasteiger partial charge in [0.25, 0.3) is 0 Å². The van der Waals surface area contributed by atoms with Gasteiger partial charge in [-0.2, -0.15) is 0 Å². The Morgan fingerprint density at radius 3 is 2.39 bits per heavy atom. The molecule has 1 heterocycles. The van der Waals surface area contributed by atoms with Crippen LogP contribution in [0.5, 0.6) is 0 Å². The summed E-state index contributed by atoms with van der Waals surface area (Å²) in [5.41, 5.74) is 3.16. The van der Waals surface area contributed by atoms with Crippen molar-refractivity contribution >= 4 is 9.84 Å². The van der Waals surface area contributed by atoms with Crippen molar-refractivity contribution in [2.75, 3.05) is 11.5 Å². The number of sulfone groups is 1. The fourth-order valence-electron chi connectivity index (χ4n) is 2.71. The highest BCUT2D eigenvalue weighted by Crippen LogP contribution is 2.29. The van der Waals surface area contributed by atoms with Crippen LogP contribution in [0.25, 0.3) is 0 Å². The summed E-state index contributed by atoms with van der Waals surface area (Å²) < 4.78 is 22.8. The zero-order chi connectivity index (χ0) is 13.3. The van der Waals surface area contributed by atoms with Crippen LogP contribution in [-0.2, 0) is 9.84 Å². The second-order valence-corrected chi connectivity index (χ2v) is 7.67. The van der Waals surface area contributed by atoms with Gasteiger partial charge in [-0.15, -0.1) is 0 Å². The Bertz CT molecular complexity index is 514. The Hall–Kier alpha value is -0.870. The Kier molecular flexibility index (Phi) is 3.78. The molecule has 0 amide bonds. The van der Waals surface area contributed by atoms with Crippen LogP contribution >= 0.6 is 0 Å². The van der Waals surface area contributed by atoms with E-state index in [2.05, 4.69) is 6.07 Å².